The van der Waals surface area contributed by atoms with E-state index >= 15 is 0 Å². The Morgan fingerprint density at radius 2 is 1.67 bits per heavy atom. The number of hydrogen-bond donors (Lipinski definition) is 1. The van der Waals surface area contributed by atoms with Crippen LogP contribution in [0.3, 0.4) is 0 Å². The van der Waals surface area contributed by atoms with Gasteiger partial charge in [-0.2, -0.15) is 0 Å². The molecule has 0 radical (unpaired) electrons. The van der Waals surface area contributed by atoms with Crippen molar-refractivity contribution < 1.29 is 0 Å². The zero-order chi connectivity index (χ0) is 11.8. The number of nitrogens with two attached hydrogens (primary N) is 1. The highest BCUT2D eigenvalue weighted by atomic mass is 15.1. The summed E-state index contributed by atoms with van der Waals surface area (Å²) >= 11 is 0. The van der Waals surface area contributed by atoms with E-state index in [0.717, 1.165) is 0 Å². The average molecular weight is 206 g/mol. The number of aryl methyl sites for hydroxylation is 1. The Bertz CT molecular complexity index is 360. The second-order valence-electron chi connectivity index (χ2n) is 5.05. The zero-order valence-corrected chi connectivity index (χ0v) is 10.7. The van der Waals surface area contributed by atoms with Crippen LogP contribution >= 0.6 is 0 Å². The van der Waals surface area contributed by atoms with E-state index < -0.39 is 0 Å². The maximum absolute atomic E-state index is 6.13. The summed E-state index contributed by atoms with van der Waals surface area (Å²) in [7, 11) is 4.13. The molecule has 0 unspecified atom stereocenters. The number of anilines is 1. The summed E-state index contributed by atoms with van der Waals surface area (Å²) in [5, 5.41) is 0. The fourth-order valence-electron chi connectivity index (χ4n) is 1.68. The van der Waals surface area contributed by atoms with Crippen molar-refractivity contribution in [2.45, 2.75) is 33.2 Å². The van der Waals surface area contributed by atoms with Crippen LogP contribution < -0.4 is 10.6 Å². The minimum atomic E-state index is -0.275. The van der Waals surface area contributed by atoms with Crippen molar-refractivity contribution in [3.8, 4) is 0 Å². The maximum Gasteiger partial charge on any atom is 0.0396 e. The average Bonchev–Trinajstić information content (AvgIpc) is 2.06. The van der Waals surface area contributed by atoms with E-state index in [2.05, 4.69) is 45.0 Å². The highest BCUT2D eigenvalue weighted by molar-refractivity contribution is 5.58. The lowest BCUT2D eigenvalue weighted by Gasteiger charge is -2.25. The molecule has 0 aliphatic heterocycles. The van der Waals surface area contributed by atoms with Gasteiger partial charge in [-0.05, 0) is 50.5 Å². The second kappa shape index (κ2) is 3.86. The first-order chi connectivity index (χ1) is 6.73. The molecule has 0 saturated carbocycles. The summed E-state index contributed by atoms with van der Waals surface area (Å²) in [5.74, 6) is 0. The molecule has 0 spiro atoms. The van der Waals surface area contributed by atoms with Crippen LogP contribution in [0.2, 0.25) is 0 Å². The van der Waals surface area contributed by atoms with Gasteiger partial charge < -0.3 is 10.6 Å². The normalized spacial score (nSPS) is 11.7. The molecule has 0 fully saturated rings. The largest absolute Gasteiger partial charge is 0.377 e. The van der Waals surface area contributed by atoms with Gasteiger partial charge in [-0.3, -0.25) is 0 Å². The van der Waals surface area contributed by atoms with Crippen LogP contribution in [0.5, 0.6) is 0 Å². The summed E-state index contributed by atoms with van der Waals surface area (Å²) < 4.78 is 0. The van der Waals surface area contributed by atoms with Crippen LogP contribution in [0, 0.1) is 13.8 Å². The first-order valence-corrected chi connectivity index (χ1v) is 5.31. The predicted octanol–water partition coefficient (Wildman–Crippen LogP) is 2.56. The van der Waals surface area contributed by atoms with Crippen LogP contribution in [-0.2, 0) is 5.54 Å². The van der Waals surface area contributed by atoms with Gasteiger partial charge in [0.05, 0.1) is 0 Å². The topological polar surface area (TPSA) is 29.3 Å². The second-order valence-corrected chi connectivity index (χ2v) is 5.05. The van der Waals surface area contributed by atoms with Gasteiger partial charge in [0.1, 0.15) is 0 Å². The third kappa shape index (κ3) is 2.51. The zero-order valence-electron chi connectivity index (χ0n) is 10.7. The van der Waals surface area contributed by atoms with Crippen LogP contribution in [0.15, 0.2) is 12.1 Å². The van der Waals surface area contributed by atoms with E-state index in [1.807, 2.05) is 13.8 Å². The molecular formula is C13H22N2. The molecule has 0 amide bonds. The molecule has 15 heavy (non-hydrogen) atoms. The van der Waals surface area contributed by atoms with Gasteiger partial charge in [0, 0.05) is 25.3 Å². The van der Waals surface area contributed by atoms with Gasteiger partial charge in [0.2, 0.25) is 0 Å². The van der Waals surface area contributed by atoms with Crippen LogP contribution in [-0.4, -0.2) is 14.1 Å². The summed E-state index contributed by atoms with van der Waals surface area (Å²) in [4.78, 5) is 2.14. The number of rotatable bonds is 2. The van der Waals surface area contributed by atoms with Crippen LogP contribution in [0.25, 0.3) is 0 Å². The van der Waals surface area contributed by atoms with E-state index in [1.165, 1.54) is 22.4 Å². The van der Waals surface area contributed by atoms with E-state index in [0.29, 0.717) is 0 Å². The monoisotopic (exact) mass is 206 g/mol. The van der Waals surface area contributed by atoms with Gasteiger partial charge >= 0.3 is 0 Å². The fourth-order valence-corrected chi connectivity index (χ4v) is 1.68. The number of benzene rings is 1. The third-order valence-corrected chi connectivity index (χ3v) is 2.87. The minimum Gasteiger partial charge on any atom is -0.377 e. The Labute approximate surface area is 93.1 Å². The molecule has 0 aromatic heterocycles. The Morgan fingerprint density at radius 1 is 1.13 bits per heavy atom. The van der Waals surface area contributed by atoms with Crippen molar-refractivity contribution in [2.24, 2.45) is 5.73 Å². The van der Waals surface area contributed by atoms with Crippen molar-refractivity contribution >= 4 is 5.69 Å². The van der Waals surface area contributed by atoms with Crippen LogP contribution in [0.1, 0.15) is 30.5 Å². The van der Waals surface area contributed by atoms with E-state index in [4.69, 9.17) is 5.73 Å². The van der Waals surface area contributed by atoms with E-state index in [9.17, 15) is 0 Å². The lowest BCUT2D eigenvalue weighted by Crippen LogP contribution is -2.29. The minimum absolute atomic E-state index is 0.275. The molecule has 0 heterocycles. The summed E-state index contributed by atoms with van der Waals surface area (Å²) in [6.45, 7) is 8.36. The van der Waals surface area contributed by atoms with Gasteiger partial charge in [-0.15, -0.1) is 0 Å². The van der Waals surface area contributed by atoms with Gasteiger partial charge in [-0.25, -0.2) is 0 Å². The Kier molecular flexibility index (Phi) is 3.10. The number of hydrogen-bond acceptors (Lipinski definition) is 2. The molecule has 1 aromatic rings. The Balaban J connectivity index is 3.36. The van der Waals surface area contributed by atoms with Gasteiger partial charge in [-0.1, -0.05) is 6.07 Å². The highest BCUT2D eigenvalue weighted by Crippen LogP contribution is 2.28. The van der Waals surface area contributed by atoms with Gasteiger partial charge in [0.25, 0.3) is 0 Å². The molecule has 2 nitrogen and oxygen atoms in total. The standard InChI is InChI=1S/C13H22N2/c1-9-7-11(13(3,4)14)8-12(10(9)2)15(5)6/h7-8H,14H2,1-6H3. The maximum atomic E-state index is 6.13. The summed E-state index contributed by atoms with van der Waals surface area (Å²) in [6.07, 6.45) is 0. The molecule has 0 aliphatic rings. The first kappa shape index (κ1) is 12.1. The molecule has 1 aromatic carbocycles. The summed E-state index contributed by atoms with van der Waals surface area (Å²) in [5.41, 5.74) is 10.9. The highest BCUT2D eigenvalue weighted by Gasteiger charge is 2.17. The lowest BCUT2D eigenvalue weighted by molar-refractivity contribution is 0.554. The van der Waals surface area contributed by atoms with Crippen LogP contribution in [0.4, 0.5) is 5.69 Å². The fraction of sp³-hybridized carbons (Fsp3) is 0.538. The van der Waals surface area contributed by atoms with Crippen molar-refractivity contribution in [1.82, 2.24) is 0 Å². The lowest BCUT2D eigenvalue weighted by atomic mass is 9.91. The molecule has 2 heteroatoms. The Morgan fingerprint density at radius 3 is 2.07 bits per heavy atom. The Hall–Kier alpha value is -1.02. The quantitative estimate of drug-likeness (QED) is 0.806. The molecule has 0 bridgehead atoms. The van der Waals surface area contributed by atoms with E-state index in [1.54, 1.807) is 0 Å². The molecule has 1 rings (SSSR count). The smallest absolute Gasteiger partial charge is 0.0396 e. The van der Waals surface area contributed by atoms with E-state index in [-0.39, 0.29) is 5.54 Å². The van der Waals surface area contributed by atoms with Crippen molar-refractivity contribution in [3.05, 3.63) is 28.8 Å². The molecule has 84 valence electrons. The summed E-state index contributed by atoms with van der Waals surface area (Å²) in [6, 6.07) is 4.37. The molecule has 0 aliphatic carbocycles. The third-order valence-electron chi connectivity index (χ3n) is 2.87. The first-order valence-electron chi connectivity index (χ1n) is 5.31. The van der Waals surface area contributed by atoms with Crippen molar-refractivity contribution in [3.63, 3.8) is 0 Å². The SMILES string of the molecule is Cc1cc(C(C)(C)N)cc(N(C)C)c1C. The molecular weight excluding hydrogens is 184 g/mol. The molecule has 2 N–H and O–H groups in total. The molecule has 0 saturated heterocycles. The predicted molar refractivity (Wildman–Crippen MR) is 67.5 cm³/mol. The van der Waals surface area contributed by atoms with Crippen molar-refractivity contribution in [2.75, 3.05) is 19.0 Å². The van der Waals surface area contributed by atoms with Gasteiger partial charge in [0.15, 0.2) is 0 Å². The van der Waals surface area contributed by atoms with Crippen molar-refractivity contribution in [1.29, 1.82) is 0 Å². The molecule has 0 atom stereocenters. The number of nitrogens with zero attached hydrogens (tertiary/aromatic N) is 1.